The van der Waals surface area contributed by atoms with Crippen LogP contribution < -0.4 is 5.32 Å². The number of aryl methyl sites for hydroxylation is 1. The highest BCUT2D eigenvalue weighted by Gasteiger charge is 2.56. The second-order valence-electron chi connectivity index (χ2n) is 5.85. The number of rotatable bonds is 3. The van der Waals surface area contributed by atoms with Crippen molar-refractivity contribution < 1.29 is 0 Å². The summed E-state index contributed by atoms with van der Waals surface area (Å²) in [7, 11) is 0. The van der Waals surface area contributed by atoms with Crippen LogP contribution in [0.25, 0.3) is 0 Å². The molecule has 86 valence electrons. The lowest BCUT2D eigenvalue weighted by atomic mass is 9.83. The van der Waals surface area contributed by atoms with Crippen LogP contribution in [-0.2, 0) is 11.8 Å². The predicted molar refractivity (Wildman–Crippen MR) is 68.1 cm³/mol. The summed E-state index contributed by atoms with van der Waals surface area (Å²) in [5.74, 6) is 0.946. The SMILES string of the molecule is c1cc2c(s1)CCCC21CC1CNC1CC1. The van der Waals surface area contributed by atoms with Crippen molar-refractivity contribution in [3.8, 4) is 0 Å². The molecule has 16 heavy (non-hydrogen) atoms. The highest BCUT2D eigenvalue weighted by molar-refractivity contribution is 7.10. The molecule has 3 aliphatic rings. The van der Waals surface area contributed by atoms with Crippen molar-refractivity contribution in [1.29, 1.82) is 0 Å². The Labute approximate surface area is 101 Å². The van der Waals surface area contributed by atoms with E-state index in [1.165, 1.54) is 45.1 Å². The first-order chi connectivity index (χ1) is 7.88. The van der Waals surface area contributed by atoms with E-state index >= 15 is 0 Å². The Morgan fingerprint density at radius 2 is 2.38 bits per heavy atom. The quantitative estimate of drug-likeness (QED) is 0.846. The van der Waals surface area contributed by atoms with Crippen LogP contribution in [0, 0.1) is 5.92 Å². The van der Waals surface area contributed by atoms with Crippen molar-refractivity contribution in [2.45, 2.75) is 50.0 Å². The molecule has 1 N–H and O–H groups in total. The van der Waals surface area contributed by atoms with Crippen molar-refractivity contribution in [3.05, 3.63) is 21.9 Å². The minimum Gasteiger partial charge on any atom is -0.314 e. The zero-order valence-electron chi connectivity index (χ0n) is 9.67. The normalized spacial score (nSPS) is 36.4. The van der Waals surface area contributed by atoms with Gasteiger partial charge in [-0.1, -0.05) is 0 Å². The van der Waals surface area contributed by atoms with Crippen LogP contribution in [0.2, 0.25) is 0 Å². The third-order valence-electron chi connectivity index (χ3n) is 4.77. The zero-order valence-corrected chi connectivity index (χ0v) is 10.5. The van der Waals surface area contributed by atoms with Gasteiger partial charge in [-0.2, -0.15) is 0 Å². The van der Waals surface area contributed by atoms with Crippen molar-refractivity contribution in [1.82, 2.24) is 5.32 Å². The second kappa shape index (κ2) is 3.33. The van der Waals surface area contributed by atoms with Crippen molar-refractivity contribution in [2.24, 2.45) is 5.92 Å². The predicted octanol–water partition coefficient (Wildman–Crippen LogP) is 3.09. The summed E-state index contributed by atoms with van der Waals surface area (Å²) in [4.78, 5) is 1.69. The van der Waals surface area contributed by atoms with Gasteiger partial charge in [0.15, 0.2) is 0 Å². The largest absolute Gasteiger partial charge is 0.314 e. The third kappa shape index (κ3) is 1.39. The van der Waals surface area contributed by atoms with Crippen LogP contribution in [0.4, 0.5) is 0 Å². The van der Waals surface area contributed by atoms with Crippen LogP contribution in [0.1, 0.15) is 42.5 Å². The molecule has 1 aromatic rings. The van der Waals surface area contributed by atoms with Gasteiger partial charge in [-0.25, -0.2) is 0 Å². The van der Waals surface area contributed by atoms with Crippen LogP contribution in [0.5, 0.6) is 0 Å². The molecule has 0 saturated heterocycles. The van der Waals surface area contributed by atoms with Gasteiger partial charge in [0.1, 0.15) is 0 Å². The highest BCUT2D eigenvalue weighted by Crippen LogP contribution is 2.60. The Morgan fingerprint density at radius 1 is 1.44 bits per heavy atom. The lowest BCUT2D eigenvalue weighted by molar-refractivity contribution is 0.482. The van der Waals surface area contributed by atoms with E-state index < -0.39 is 0 Å². The number of hydrogen-bond donors (Lipinski definition) is 1. The summed E-state index contributed by atoms with van der Waals surface area (Å²) >= 11 is 1.99. The van der Waals surface area contributed by atoms with Gasteiger partial charge in [0.2, 0.25) is 0 Å². The Kier molecular flexibility index (Phi) is 2.01. The smallest absolute Gasteiger partial charge is 0.00829 e. The first-order valence-electron chi connectivity index (χ1n) is 6.69. The number of nitrogens with one attached hydrogen (secondary N) is 1. The summed E-state index contributed by atoms with van der Waals surface area (Å²) in [5, 5.41) is 6.02. The van der Waals surface area contributed by atoms with Crippen molar-refractivity contribution in [3.63, 3.8) is 0 Å². The molecule has 0 amide bonds. The van der Waals surface area contributed by atoms with E-state index in [0.717, 1.165) is 12.0 Å². The van der Waals surface area contributed by atoms with E-state index in [1.807, 2.05) is 11.3 Å². The molecule has 2 saturated carbocycles. The fraction of sp³-hybridized carbons (Fsp3) is 0.714. The lowest BCUT2D eigenvalue weighted by Crippen LogP contribution is -2.25. The maximum atomic E-state index is 3.72. The molecule has 4 rings (SSSR count). The topological polar surface area (TPSA) is 12.0 Å². The third-order valence-corrected chi connectivity index (χ3v) is 5.75. The van der Waals surface area contributed by atoms with Crippen molar-refractivity contribution >= 4 is 11.3 Å². The molecular weight excluding hydrogens is 214 g/mol. The molecule has 0 aliphatic heterocycles. The Bertz CT molecular complexity index is 407. The van der Waals surface area contributed by atoms with E-state index in [0.29, 0.717) is 5.41 Å². The van der Waals surface area contributed by atoms with Gasteiger partial charge in [0, 0.05) is 16.3 Å². The molecule has 1 spiro atoms. The maximum Gasteiger partial charge on any atom is 0.00829 e. The number of thiophene rings is 1. The minimum absolute atomic E-state index is 0.621. The number of fused-ring (bicyclic) bond motifs is 2. The summed E-state index contributed by atoms with van der Waals surface area (Å²) in [6, 6.07) is 3.29. The van der Waals surface area contributed by atoms with Gasteiger partial charge < -0.3 is 5.32 Å². The van der Waals surface area contributed by atoms with Gasteiger partial charge in [0.05, 0.1) is 0 Å². The summed E-state index contributed by atoms with van der Waals surface area (Å²) in [6.07, 6.45) is 8.52. The minimum atomic E-state index is 0.621. The first-order valence-corrected chi connectivity index (χ1v) is 7.57. The maximum absolute atomic E-state index is 3.72. The van der Waals surface area contributed by atoms with Gasteiger partial charge in [-0.05, 0) is 68.0 Å². The lowest BCUT2D eigenvalue weighted by Gasteiger charge is -2.23. The van der Waals surface area contributed by atoms with Crippen LogP contribution in [-0.4, -0.2) is 12.6 Å². The van der Waals surface area contributed by atoms with E-state index in [1.54, 1.807) is 10.4 Å². The van der Waals surface area contributed by atoms with Gasteiger partial charge in [-0.15, -0.1) is 11.3 Å². The van der Waals surface area contributed by atoms with E-state index in [-0.39, 0.29) is 0 Å². The average molecular weight is 233 g/mol. The van der Waals surface area contributed by atoms with Crippen LogP contribution in [0.15, 0.2) is 11.4 Å². The van der Waals surface area contributed by atoms with Crippen LogP contribution >= 0.6 is 11.3 Å². The molecule has 1 aromatic heterocycles. The zero-order chi connectivity index (χ0) is 10.6. The fourth-order valence-corrected chi connectivity index (χ4v) is 4.59. The molecule has 1 nitrogen and oxygen atoms in total. The molecule has 2 unspecified atom stereocenters. The van der Waals surface area contributed by atoms with Crippen molar-refractivity contribution in [2.75, 3.05) is 6.54 Å². The molecular formula is C14H19NS. The van der Waals surface area contributed by atoms with Gasteiger partial charge in [0.25, 0.3) is 0 Å². The summed E-state index contributed by atoms with van der Waals surface area (Å²) < 4.78 is 0. The summed E-state index contributed by atoms with van der Waals surface area (Å²) in [6.45, 7) is 1.28. The van der Waals surface area contributed by atoms with Gasteiger partial charge >= 0.3 is 0 Å². The summed E-state index contributed by atoms with van der Waals surface area (Å²) in [5.41, 5.74) is 2.35. The Morgan fingerprint density at radius 3 is 3.25 bits per heavy atom. The molecule has 0 bridgehead atoms. The second-order valence-corrected chi connectivity index (χ2v) is 6.85. The van der Waals surface area contributed by atoms with E-state index in [9.17, 15) is 0 Å². The molecule has 2 atom stereocenters. The standard InChI is InChI=1S/C14H19NS/c1-2-13-12(5-7-16-13)14(6-1)8-10(14)9-15-11-3-4-11/h5,7,10-11,15H,1-4,6,8-9H2. The Balaban J connectivity index is 1.52. The van der Waals surface area contributed by atoms with Gasteiger partial charge in [-0.3, -0.25) is 0 Å². The molecule has 0 aromatic carbocycles. The molecule has 2 fully saturated rings. The monoisotopic (exact) mass is 233 g/mol. The fourth-order valence-electron chi connectivity index (χ4n) is 3.56. The first kappa shape index (κ1) is 9.67. The molecule has 3 aliphatic carbocycles. The molecule has 0 radical (unpaired) electrons. The number of hydrogen-bond acceptors (Lipinski definition) is 2. The molecule has 2 heteroatoms. The van der Waals surface area contributed by atoms with E-state index in [4.69, 9.17) is 0 Å². The highest BCUT2D eigenvalue weighted by atomic mass is 32.1. The Hall–Kier alpha value is -0.340. The average Bonchev–Trinajstić information content (AvgIpc) is 3.17. The van der Waals surface area contributed by atoms with E-state index in [2.05, 4.69) is 16.8 Å². The van der Waals surface area contributed by atoms with Crippen LogP contribution in [0.3, 0.4) is 0 Å². The molecule has 1 heterocycles.